The molecule has 152 valence electrons. The van der Waals surface area contributed by atoms with E-state index in [1.165, 1.54) is 0 Å². The SMILES string of the molecule is CCNC(=NCc1c(CC)noc1CC)NCCc1nc(C(C)C)no1.I. The summed E-state index contributed by atoms with van der Waals surface area (Å²) in [6, 6.07) is 0. The Morgan fingerprint density at radius 2 is 1.85 bits per heavy atom. The minimum Gasteiger partial charge on any atom is -0.361 e. The van der Waals surface area contributed by atoms with E-state index in [2.05, 4.69) is 44.8 Å². The predicted octanol–water partition coefficient (Wildman–Crippen LogP) is 3.22. The molecule has 0 aliphatic carbocycles. The third-order valence-electron chi connectivity index (χ3n) is 3.98. The first kappa shape index (κ1) is 23.4. The lowest BCUT2D eigenvalue weighted by Crippen LogP contribution is -2.38. The van der Waals surface area contributed by atoms with Gasteiger partial charge in [0.25, 0.3) is 0 Å². The van der Waals surface area contributed by atoms with Crippen LogP contribution in [0.25, 0.3) is 0 Å². The average Bonchev–Trinajstić information content (AvgIpc) is 3.26. The van der Waals surface area contributed by atoms with Crippen LogP contribution in [-0.2, 0) is 25.8 Å². The molecule has 0 fully saturated rings. The highest BCUT2D eigenvalue weighted by Crippen LogP contribution is 2.16. The Bertz CT molecular complexity index is 689. The first-order valence-electron chi connectivity index (χ1n) is 9.39. The second kappa shape index (κ2) is 11.9. The molecule has 2 heterocycles. The summed E-state index contributed by atoms with van der Waals surface area (Å²) >= 11 is 0. The first-order valence-corrected chi connectivity index (χ1v) is 9.39. The van der Waals surface area contributed by atoms with Gasteiger partial charge in [-0.2, -0.15) is 4.98 Å². The first-order chi connectivity index (χ1) is 12.6. The van der Waals surface area contributed by atoms with Crippen molar-refractivity contribution in [1.29, 1.82) is 0 Å². The molecule has 0 aliphatic heterocycles. The maximum absolute atomic E-state index is 5.40. The molecule has 8 nitrogen and oxygen atoms in total. The lowest BCUT2D eigenvalue weighted by molar-refractivity contribution is 0.371. The van der Waals surface area contributed by atoms with Crippen molar-refractivity contribution in [2.75, 3.05) is 13.1 Å². The second-order valence-corrected chi connectivity index (χ2v) is 6.31. The summed E-state index contributed by atoms with van der Waals surface area (Å²) in [5, 5.41) is 14.7. The second-order valence-electron chi connectivity index (χ2n) is 6.31. The fraction of sp³-hybridized carbons (Fsp3) is 0.667. The minimum atomic E-state index is 0. The summed E-state index contributed by atoms with van der Waals surface area (Å²) in [5.41, 5.74) is 2.07. The number of nitrogens with one attached hydrogen (secondary N) is 2. The van der Waals surface area contributed by atoms with E-state index >= 15 is 0 Å². The van der Waals surface area contributed by atoms with Gasteiger partial charge in [0.2, 0.25) is 5.89 Å². The van der Waals surface area contributed by atoms with Gasteiger partial charge in [-0.15, -0.1) is 24.0 Å². The lowest BCUT2D eigenvalue weighted by atomic mass is 10.1. The molecule has 0 radical (unpaired) electrons. The normalized spacial score (nSPS) is 11.6. The molecule has 0 bridgehead atoms. The van der Waals surface area contributed by atoms with Gasteiger partial charge in [-0.1, -0.05) is 38.0 Å². The molecule has 9 heteroatoms. The van der Waals surface area contributed by atoms with E-state index in [0.717, 1.165) is 48.2 Å². The topological polar surface area (TPSA) is 101 Å². The van der Waals surface area contributed by atoms with Crippen molar-refractivity contribution < 1.29 is 9.05 Å². The van der Waals surface area contributed by atoms with E-state index in [9.17, 15) is 0 Å². The Morgan fingerprint density at radius 1 is 1.07 bits per heavy atom. The molecule has 2 N–H and O–H groups in total. The van der Waals surface area contributed by atoms with Crippen molar-refractivity contribution in [3.8, 4) is 0 Å². The van der Waals surface area contributed by atoms with Gasteiger partial charge in [-0.05, 0) is 13.3 Å². The van der Waals surface area contributed by atoms with Crippen molar-refractivity contribution in [1.82, 2.24) is 25.9 Å². The third-order valence-corrected chi connectivity index (χ3v) is 3.98. The van der Waals surface area contributed by atoms with Crippen molar-refractivity contribution in [2.45, 2.75) is 66.3 Å². The van der Waals surface area contributed by atoms with Gasteiger partial charge in [-0.3, -0.25) is 0 Å². The van der Waals surface area contributed by atoms with E-state index in [-0.39, 0.29) is 29.9 Å². The van der Waals surface area contributed by atoms with Crippen LogP contribution in [-0.4, -0.2) is 34.3 Å². The average molecular weight is 490 g/mol. The molecule has 0 saturated heterocycles. The van der Waals surface area contributed by atoms with Crippen LogP contribution in [0.5, 0.6) is 0 Å². The number of aryl methyl sites for hydroxylation is 2. The Hall–Kier alpha value is -1.65. The zero-order chi connectivity index (χ0) is 18.9. The largest absolute Gasteiger partial charge is 0.361 e. The van der Waals surface area contributed by atoms with Crippen molar-refractivity contribution in [3.63, 3.8) is 0 Å². The quantitative estimate of drug-likeness (QED) is 0.316. The number of hydrogen-bond donors (Lipinski definition) is 2. The zero-order valence-electron chi connectivity index (χ0n) is 16.8. The van der Waals surface area contributed by atoms with E-state index in [1.807, 2.05) is 20.8 Å². The molecule has 0 aliphatic rings. The zero-order valence-corrected chi connectivity index (χ0v) is 19.2. The Labute approximate surface area is 178 Å². The maximum Gasteiger partial charge on any atom is 0.228 e. The highest BCUT2D eigenvalue weighted by atomic mass is 127. The van der Waals surface area contributed by atoms with E-state index in [4.69, 9.17) is 9.05 Å². The lowest BCUT2D eigenvalue weighted by Gasteiger charge is -2.10. The van der Waals surface area contributed by atoms with Crippen LogP contribution >= 0.6 is 24.0 Å². The summed E-state index contributed by atoms with van der Waals surface area (Å²) in [6.07, 6.45) is 2.31. The molecule has 0 saturated carbocycles. The van der Waals surface area contributed by atoms with Crippen LogP contribution in [0.3, 0.4) is 0 Å². The molecule has 0 atom stereocenters. The van der Waals surface area contributed by atoms with Crippen LogP contribution in [0.1, 0.15) is 69.3 Å². The van der Waals surface area contributed by atoms with Crippen molar-refractivity contribution in [3.05, 3.63) is 28.7 Å². The molecular weight excluding hydrogens is 459 g/mol. The smallest absolute Gasteiger partial charge is 0.228 e. The Morgan fingerprint density at radius 3 is 2.44 bits per heavy atom. The highest BCUT2D eigenvalue weighted by molar-refractivity contribution is 14.0. The molecule has 2 aromatic rings. The predicted molar refractivity (Wildman–Crippen MR) is 116 cm³/mol. The van der Waals surface area contributed by atoms with Gasteiger partial charge < -0.3 is 19.7 Å². The summed E-state index contributed by atoms with van der Waals surface area (Å²) in [7, 11) is 0. The van der Waals surface area contributed by atoms with E-state index in [1.54, 1.807) is 0 Å². The van der Waals surface area contributed by atoms with Gasteiger partial charge in [0.15, 0.2) is 11.8 Å². The fourth-order valence-electron chi connectivity index (χ4n) is 2.51. The number of nitrogens with zero attached hydrogens (tertiary/aromatic N) is 4. The van der Waals surface area contributed by atoms with Crippen LogP contribution in [0.4, 0.5) is 0 Å². The highest BCUT2D eigenvalue weighted by Gasteiger charge is 2.13. The number of aromatic nitrogens is 3. The van der Waals surface area contributed by atoms with Crippen LogP contribution < -0.4 is 10.6 Å². The van der Waals surface area contributed by atoms with E-state index in [0.29, 0.717) is 25.4 Å². The minimum absolute atomic E-state index is 0. The van der Waals surface area contributed by atoms with Gasteiger partial charge in [-0.25, -0.2) is 4.99 Å². The van der Waals surface area contributed by atoms with Gasteiger partial charge in [0.1, 0.15) is 5.76 Å². The monoisotopic (exact) mass is 490 g/mol. The van der Waals surface area contributed by atoms with Gasteiger partial charge >= 0.3 is 0 Å². The summed E-state index contributed by atoms with van der Waals surface area (Å²) in [5.74, 6) is 3.31. The summed E-state index contributed by atoms with van der Waals surface area (Å²) in [4.78, 5) is 9.05. The third kappa shape index (κ3) is 6.78. The maximum atomic E-state index is 5.40. The molecule has 2 aromatic heterocycles. The number of rotatable bonds is 9. The standard InChI is InChI=1S/C18H30N6O2.HI/c1-6-14-13(15(7-2)25-23-14)11-21-18(19-8-3)20-10-9-16-22-17(12(4)5)24-26-16;/h12H,6-11H2,1-5H3,(H2,19,20,21);1H. The molecule has 0 amide bonds. The molecular formula is C18H31IN6O2. The fourth-order valence-corrected chi connectivity index (χ4v) is 2.51. The number of guanidine groups is 1. The van der Waals surface area contributed by atoms with Crippen molar-refractivity contribution >= 4 is 29.9 Å². The number of hydrogen-bond acceptors (Lipinski definition) is 6. The van der Waals surface area contributed by atoms with Gasteiger partial charge in [0, 0.05) is 37.4 Å². The molecule has 2 rings (SSSR count). The Kier molecular flexibility index (Phi) is 10.3. The number of halogens is 1. The number of aliphatic imine (C=N–C) groups is 1. The molecule has 0 unspecified atom stereocenters. The van der Waals surface area contributed by atoms with Crippen LogP contribution in [0.15, 0.2) is 14.0 Å². The van der Waals surface area contributed by atoms with Gasteiger partial charge in [0.05, 0.1) is 12.2 Å². The molecule has 27 heavy (non-hydrogen) atoms. The summed E-state index contributed by atoms with van der Waals surface area (Å²) < 4.78 is 10.7. The molecule has 0 aromatic carbocycles. The van der Waals surface area contributed by atoms with Crippen LogP contribution in [0, 0.1) is 0 Å². The van der Waals surface area contributed by atoms with E-state index < -0.39 is 0 Å². The Balaban J connectivity index is 0.00000364. The molecule has 0 spiro atoms. The summed E-state index contributed by atoms with van der Waals surface area (Å²) in [6.45, 7) is 12.3. The van der Waals surface area contributed by atoms with Crippen LogP contribution in [0.2, 0.25) is 0 Å². The van der Waals surface area contributed by atoms with Crippen molar-refractivity contribution in [2.24, 2.45) is 4.99 Å².